The van der Waals surface area contributed by atoms with Crippen molar-refractivity contribution in [3.63, 3.8) is 0 Å². The van der Waals surface area contributed by atoms with Crippen LogP contribution >= 0.6 is 0 Å². The van der Waals surface area contributed by atoms with Crippen molar-refractivity contribution < 1.29 is 28.6 Å². The second-order valence-corrected chi connectivity index (χ2v) is 10.4. The summed E-state index contributed by atoms with van der Waals surface area (Å²) in [4.78, 5) is 36.7. The molecule has 1 aromatic heterocycles. The number of nitrogens with one attached hydrogen (secondary N) is 1. The fourth-order valence-electron chi connectivity index (χ4n) is 3.61. The molecule has 1 aromatic carbocycles. The number of rotatable bonds is 12. The zero-order valence-electron chi connectivity index (χ0n) is 22.7. The number of Topliss-reactive ketones (excluding diaryl/α,β-unsaturated/α-hetero) is 1. The highest BCUT2D eigenvalue weighted by Crippen LogP contribution is 2.27. The van der Waals surface area contributed by atoms with Crippen LogP contribution in [0, 0.1) is 5.41 Å². The van der Waals surface area contributed by atoms with Crippen LogP contribution in [-0.2, 0) is 4.74 Å². The number of alkyl carbamates (subject to hydrolysis) is 1. The Kier molecular flexibility index (Phi) is 11.0. The maximum Gasteiger partial charge on any atom is 0.406 e. The summed E-state index contributed by atoms with van der Waals surface area (Å²) in [6, 6.07) is 8.69. The summed E-state index contributed by atoms with van der Waals surface area (Å²) >= 11 is 0. The molecule has 0 fully saturated rings. The number of methoxy groups -OCH3 is 1. The third kappa shape index (κ3) is 9.79. The van der Waals surface area contributed by atoms with Crippen LogP contribution in [0.1, 0.15) is 87.9 Å². The molecule has 8 nitrogen and oxygen atoms in total. The van der Waals surface area contributed by atoms with E-state index in [2.05, 4.69) is 30.8 Å². The van der Waals surface area contributed by atoms with Crippen LogP contribution in [0.3, 0.4) is 0 Å². The minimum absolute atomic E-state index is 0.154. The van der Waals surface area contributed by atoms with Crippen LogP contribution in [-0.4, -0.2) is 37.2 Å². The molecule has 0 radical (unpaired) electrons. The molecule has 1 heterocycles. The highest BCUT2D eigenvalue weighted by Gasteiger charge is 2.22. The summed E-state index contributed by atoms with van der Waals surface area (Å²) in [5, 5.41) is 13.1. The van der Waals surface area contributed by atoms with Gasteiger partial charge in [-0.05, 0) is 60.9 Å². The highest BCUT2D eigenvalue weighted by atomic mass is 16.5. The number of carbonyl (C=O) groups is 2. The van der Waals surface area contributed by atoms with Gasteiger partial charge in [0, 0.05) is 18.5 Å². The number of hydrogen-bond acceptors (Lipinski definition) is 7. The molecular formula is C29H39NO7. The topological polar surface area (TPSA) is 115 Å². The maximum absolute atomic E-state index is 13.0. The van der Waals surface area contributed by atoms with Gasteiger partial charge in [-0.2, -0.15) is 0 Å². The lowest BCUT2D eigenvalue weighted by Crippen LogP contribution is -2.23. The molecule has 1 unspecified atom stereocenters. The fourth-order valence-corrected chi connectivity index (χ4v) is 3.61. The summed E-state index contributed by atoms with van der Waals surface area (Å²) in [6.07, 6.45) is 4.23. The molecule has 0 bridgehead atoms. The minimum Gasteiger partial charge on any atom is -0.507 e. The van der Waals surface area contributed by atoms with Crippen LogP contribution in [0.25, 0.3) is 6.08 Å². The zero-order chi connectivity index (χ0) is 27.6. The first-order chi connectivity index (χ1) is 17.4. The number of hydrogen-bond donors (Lipinski definition) is 2. The maximum atomic E-state index is 13.0. The van der Waals surface area contributed by atoms with Gasteiger partial charge in [0.2, 0.25) is 0 Å². The van der Waals surface area contributed by atoms with Crippen molar-refractivity contribution in [2.24, 2.45) is 5.41 Å². The normalized spacial score (nSPS) is 12.6. The number of ketones is 1. The Morgan fingerprint density at radius 3 is 2.57 bits per heavy atom. The van der Waals surface area contributed by atoms with E-state index in [1.807, 2.05) is 31.2 Å². The van der Waals surface area contributed by atoms with Crippen LogP contribution < -0.4 is 15.7 Å². The molecule has 2 N–H and O–H groups in total. The molecule has 2 rings (SSSR count). The Morgan fingerprint density at radius 1 is 1.19 bits per heavy atom. The van der Waals surface area contributed by atoms with E-state index in [1.54, 1.807) is 13.0 Å². The third-order valence-electron chi connectivity index (χ3n) is 5.90. The van der Waals surface area contributed by atoms with Gasteiger partial charge < -0.3 is 24.3 Å². The van der Waals surface area contributed by atoms with Crippen molar-refractivity contribution in [3.8, 4) is 11.5 Å². The number of amides is 1. The van der Waals surface area contributed by atoms with Gasteiger partial charge >= 0.3 is 11.7 Å². The van der Waals surface area contributed by atoms with Crippen LogP contribution in [0.5, 0.6) is 11.5 Å². The van der Waals surface area contributed by atoms with Crippen molar-refractivity contribution in [2.75, 3.05) is 20.3 Å². The highest BCUT2D eigenvalue weighted by molar-refractivity contribution is 6.12. The van der Waals surface area contributed by atoms with Crippen molar-refractivity contribution in [3.05, 3.63) is 63.2 Å². The lowest BCUT2D eigenvalue weighted by molar-refractivity contribution is 0.102. The molecule has 2 aromatic rings. The lowest BCUT2D eigenvalue weighted by atomic mass is 9.93. The largest absolute Gasteiger partial charge is 0.507 e. The van der Waals surface area contributed by atoms with Crippen LogP contribution in [0.2, 0.25) is 0 Å². The van der Waals surface area contributed by atoms with E-state index in [0.29, 0.717) is 31.1 Å². The van der Waals surface area contributed by atoms with Gasteiger partial charge in [-0.1, -0.05) is 46.2 Å². The number of ether oxygens (including phenoxy) is 2. The Morgan fingerprint density at radius 2 is 1.92 bits per heavy atom. The van der Waals surface area contributed by atoms with Crippen LogP contribution in [0.4, 0.5) is 4.79 Å². The first kappa shape index (κ1) is 29.7. The Hall–Kier alpha value is -3.55. The van der Waals surface area contributed by atoms with Gasteiger partial charge in [0.15, 0.2) is 5.78 Å². The zero-order valence-corrected chi connectivity index (χ0v) is 22.7. The average Bonchev–Trinajstić information content (AvgIpc) is 2.82. The smallest absolute Gasteiger partial charge is 0.406 e. The van der Waals surface area contributed by atoms with E-state index in [9.17, 15) is 19.5 Å². The van der Waals surface area contributed by atoms with Gasteiger partial charge in [0.05, 0.1) is 13.7 Å². The third-order valence-corrected chi connectivity index (χ3v) is 5.90. The first-order valence-electron chi connectivity index (χ1n) is 12.6. The fraction of sp³-hybridized carbons (Fsp3) is 0.483. The summed E-state index contributed by atoms with van der Waals surface area (Å²) in [5.74, 6) is -0.152. The first-order valence-corrected chi connectivity index (χ1v) is 12.6. The van der Waals surface area contributed by atoms with Crippen molar-refractivity contribution in [1.29, 1.82) is 0 Å². The molecule has 0 aliphatic heterocycles. The molecular weight excluding hydrogens is 474 g/mol. The van der Waals surface area contributed by atoms with Gasteiger partial charge in [-0.15, -0.1) is 0 Å². The van der Waals surface area contributed by atoms with Gasteiger partial charge in [-0.3, -0.25) is 4.79 Å². The number of carbonyl (C=O) groups excluding carboxylic acids is 2. The van der Waals surface area contributed by atoms with Gasteiger partial charge in [-0.25, -0.2) is 9.59 Å². The molecule has 0 saturated carbocycles. The van der Waals surface area contributed by atoms with Crippen molar-refractivity contribution in [1.82, 2.24) is 5.32 Å². The van der Waals surface area contributed by atoms with E-state index < -0.39 is 23.3 Å². The summed E-state index contributed by atoms with van der Waals surface area (Å²) < 4.78 is 15.8. The van der Waals surface area contributed by atoms with Gasteiger partial charge in [0.1, 0.15) is 22.8 Å². The van der Waals surface area contributed by atoms with E-state index >= 15 is 0 Å². The van der Waals surface area contributed by atoms with E-state index in [4.69, 9.17) is 9.15 Å². The molecule has 1 amide bonds. The molecule has 0 saturated heterocycles. The number of benzene rings is 1. The predicted octanol–water partition coefficient (Wildman–Crippen LogP) is 6.08. The number of allylic oxidation sites excluding steroid dienone is 1. The SMILES string of the molecule is COC(=O)NCCCCC(C)c1cc(O)c(C(=O)/C(C)=C/c2cccc(OCCC(C)(C)C)c2)c(=O)o1. The molecule has 37 heavy (non-hydrogen) atoms. The average molecular weight is 514 g/mol. The second-order valence-electron chi connectivity index (χ2n) is 10.4. The molecule has 1 atom stereocenters. The molecule has 202 valence electrons. The Labute approximate surface area is 218 Å². The van der Waals surface area contributed by atoms with Gasteiger partial charge in [0.25, 0.3) is 0 Å². The molecule has 0 aliphatic rings. The monoisotopic (exact) mass is 513 g/mol. The standard InChI is InChI=1S/C29H39NO7/c1-19(10-7-8-14-30-28(34)35-6)24-18-23(31)25(27(33)37-24)26(32)20(2)16-21-11-9-12-22(17-21)36-15-13-29(3,4)5/h9,11-12,16-19,31H,7-8,10,13-15H2,1-6H3,(H,30,34)/b20-16+. The van der Waals surface area contributed by atoms with Crippen molar-refractivity contribution in [2.45, 2.75) is 66.2 Å². The molecule has 0 aliphatic carbocycles. The minimum atomic E-state index is -0.869. The lowest BCUT2D eigenvalue weighted by Gasteiger charge is -2.18. The predicted molar refractivity (Wildman–Crippen MR) is 143 cm³/mol. The molecule has 8 heteroatoms. The quantitative estimate of drug-likeness (QED) is 0.201. The number of aromatic hydroxyl groups is 1. The Balaban J connectivity index is 2.06. The second kappa shape index (κ2) is 13.7. The molecule has 0 spiro atoms. The summed E-state index contributed by atoms with van der Waals surface area (Å²) in [6.45, 7) is 11.0. The van der Waals surface area contributed by atoms with Crippen molar-refractivity contribution >= 4 is 18.0 Å². The summed E-state index contributed by atoms with van der Waals surface area (Å²) in [7, 11) is 1.31. The number of unbranched alkanes of at least 4 members (excludes halogenated alkanes) is 1. The van der Waals surface area contributed by atoms with E-state index in [0.717, 1.165) is 24.8 Å². The van der Waals surface area contributed by atoms with E-state index in [1.165, 1.54) is 13.2 Å². The Bertz CT molecular complexity index is 1160. The summed E-state index contributed by atoms with van der Waals surface area (Å²) in [5.41, 5.74) is -0.0563. The van der Waals surface area contributed by atoms with Crippen LogP contribution in [0.15, 0.2) is 45.1 Å². The van der Waals surface area contributed by atoms with E-state index in [-0.39, 0.29) is 22.5 Å².